The molecule has 1 saturated heterocycles. The van der Waals surface area contributed by atoms with E-state index in [1.165, 1.54) is 17.5 Å². The molecule has 2 aromatic rings. The van der Waals surface area contributed by atoms with E-state index < -0.39 is 0 Å². The lowest BCUT2D eigenvalue weighted by atomic mass is 10.2. The first kappa shape index (κ1) is 18.3. The standard InChI is InChI=1S/C18H23N5S2/c1-14-20-17(13-25-14)12-23-7-3-6-22(8-9-23)11-16-5-4-15(10-19)18(21-16)24-2/h4-5,13H,3,6-9,11-12H2,1-2H3. The highest BCUT2D eigenvalue weighted by Crippen LogP contribution is 2.19. The molecule has 2 aromatic heterocycles. The third-order valence-corrected chi connectivity index (χ3v) is 5.87. The van der Waals surface area contributed by atoms with Crippen molar-refractivity contribution in [2.45, 2.75) is 31.5 Å². The molecular formula is C18H23N5S2. The average Bonchev–Trinajstić information content (AvgIpc) is 2.90. The number of thiazole rings is 1. The van der Waals surface area contributed by atoms with E-state index in [1.807, 2.05) is 18.4 Å². The summed E-state index contributed by atoms with van der Waals surface area (Å²) in [4.78, 5) is 14.2. The van der Waals surface area contributed by atoms with E-state index in [2.05, 4.69) is 38.1 Å². The predicted octanol–water partition coefficient (Wildman–Crippen LogP) is 3.15. The molecule has 7 heteroatoms. The second kappa shape index (κ2) is 8.77. The third kappa shape index (κ3) is 5.02. The molecule has 25 heavy (non-hydrogen) atoms. The van der Waals surface area contributed by atoms with Crippen LogP contribution in [0.3, 0.4) is 0 Å². The maximum atomic E-state index is 9.13. The van der Waals surface area contributed by atoms with E-state index in [-0.39, 0.29) is 0 Å². The number of aromatic nitrogens is 2. The number of rotatable bonds is 5. The first-order valence-electron chi connectivity index (χ1n) is 8.47. The van der Waals surface area contributed by atoms with Crippen LogP contribution in [0.4, 0.5) is 0 Å². The van der Waals surface area contributed by atoms with E-state index >= 15 is 0 Å². The van der Waals surface area contributed by atoms with Crippen molar-refractivity contribution < 1.29 is 0 Å². The van der Waals surface area contributed by atoms with Gasteiger partial charge in [0, 0.05) is 31.6 Å². The summed E-state index contributed by atoms with van der Waals surface area (Å²) in [6.07, 6.45) is 3.13. The summed E-state index contributed by atoms with van der Waals surface area (Å²) < 4.78 is 0. The van der Waals surface area contributed by atoms with Crippen LogP contribution in [0.15, 0.2) is 22.5 Å². The Morgan fingerprint density at radius 1 is 1.12 bits per heavy atom. The summed E-state index contributed by atoms with van der Waals surface area (Å²) in [5.41, 5.74) is 2.90. The summed E-state index contributed by atoms with van der Waals surface area (Å²) in [7, 11) is 0. The topological polar surface area (TPSA) is 56.1 Å². The summed E-state index contributed by atoms with van der Waals surface area (Å²) in [6, 6.07) is 6.09. The van der Waals surface area contributed by atoms with Crippen molar-refractivity contribution in [1.82, 2.24) is 19.8 Å². The van der Waals surface area contributed by atoms with Gasteiger partial charge in [-0.2, -0.15) is 5.26 Å². The molecule has 0 radical (unpaired) electrons. The molecule has 0 saturated carbocycles. The van der Waals surface area contributed by atoms with Gasteiger partial charge in [0.25, 0.3) is 0 Å². The highest BCUT2D eigenvalue weighted by Gasteiger charge is 2.17. The lowest BCUT2D eigenvalue weighted by Crippen LogP contribution is -2.30. The molecule has 0 unspecified atom stereocenters. The average molecular weight is 374 g/mol. The summed E-state index contributed by atoms with van der Waals surface area (Å²) in [5.74, 6) is 0. The highest BCUT2D eigenvalue weighted by molar-refractivity contribution is 7.98. The molecule has 3 rings (SSSR count). The molecule has 1 fully saturated rings. The monoisotopic (exact) mass is 373 g/mol. The Bertz CT molecular complexity index is 752. The Morgan fingerprint density at radius 3 is 2.44 bits per heavy atom. The smallest absolute Gasteiger partial charge is 0.114 e. The van der Waals surface area contributed by atoms with Gasteiger partial charge >= 0.3 is 0 Å². The van der Waals surface area contributed by atoms with E-state index in [9.17, 15) is 0 Å². The van der Waals surface area contributed by atoms with Gasteiger partial charge in [-0.05, 0) is 44.8 Å². The van der Waals surface area contributed by atoms with Gasteiger partial charge in [0.15, 0.2) is 0 Å². The number of nitriles is 1. The van der Waals surface area contributed by atoms with Crippen molar-refractivity contribution in [2.24, 2.45) is 0 Å². The van der Waals surface area contributed by atoms with Crippen LogP contribution in [0.2, 0.25) is 0 Å². The molecule has 132 valence electrons. The van der Waals surface area contributed by atoms with Crippen LogP contribution in [-0.2, 0) is 13.1 Å². The molecule has 3 heterocycles. The van der Waals surface area contributed by atoms with Crippen LogP contribution in [0.1, 0.15) is 28.4 Å². The second-order valence-electron chi connectivity index (χ2n) is 6.23. The van der Waals surface area contributed by atoms with Crippen LogP contribution in [0, 0.1) is 18.3 Å². The minimum Gasteiger partial charge on any atom is -0.296 e. The Balaban J connectivity index is 1.57. The van der Waals surface area contributed by atoms with Crippen molar-refractivity contribution in [3.05, 3.63) is 39.5 Å². The molecule has 1 aliphatic heterocycles. The molecular weight excluding hydrogens is 350 g/mol. The zero-order chi connectivity index (χ0) is 17.6. The second-order valence-corrected chi connectivity index (χ2v) is 8.09. The highest BCUT2D eigenvalue weighted by atomic mass is 32.2. The summed E-state index contributed by atoms with van der Waals surface area (Å²) >= 11 is 3.26. The van der Waals surface area contributed by atoms with Gasteiger partial charge in [-0.25, -0.2) is 9.97 Å². The molecule has 0 atom stereocenters. The van der Waals surface area contributed by atoms with Crippen molar-refractivity contribution in [2.75, 3.05) is 32.4 Å². The Labute approximate surface area is 157 Å². The molecule has 0 aliphatic carbocycles. The molecule has 0 spiro atoms. The maximum absolute atomic E-state index is 9.13. The maximum Gasteiger partial charge on any atom is 0.114 e. The van der Waals surface area contributed by atoms with Gasteiger partial charge in [0.05, 0.1) is 22.0 Å². The Morgan fingerprint density at radius 2 is 1.84 bits per heavy atom. The zero-order valence-corrected chi connectivity index (χ0v) is 16.4. The number of aryl methyl sites for hydroxylation is 1. The van der Waals surface area contributed by atoms with E-state index in [0.29, 0.717) is 5.56 Å². The lowest BCUT2D eigenvalue weighted by Gasteiger charge is -2.21. The minimum absolute atomic E-state index is 0.664. The third-order valence-electron chi connectivity index (χ3n) is 4.35. The first-order chi connectivity index (χ1) is 12.2. The predicted molar refractivity (Wildman–Crippen MR) is 103 cm³/mol. The van der Waals surface area contributed by atoms with Crippen LogP contribution in [0.25, 0.3) is 0 Å². The Hall–Kier alpha value is -1.46. The fourth-order valence-electron chi connectivity index (χ4n) is 3.09. The molecule has 0 aromatic carbocycles. The van der Waals surface area contributed by atoms with Crippen LogP contribution in [0.5, 0.6) is 0 Å². The molecule has 0 N–H and O–H groups in total. The lowest BCUT2D eigenvalue weighted by molar-refractivity contribution is 0.244. The summed E-state index contributed by atoms with van der Waals surface area (Å²) in [6.45, 7) is 8.16. The molecule has 0 amide bonds. The quantitative estimate of drug-likeness (QED) is 0.751. The fourth-order valence-corrected chi connectivity index (χ4v) is 4.23. The number of nitrogens with zero attached hydrogens (tertiary/aromatic N) is 5. The van der Waals surface area contributed by atoms with Gasteiger partial charge in [-0.15, -0.1) is 23.1 Å². The van der Waals surface area contributed by atoms with Gasteiger partial charge in [-0.3, -0.25) is 9.80 Å². The normalized spacial score (nSPS) is 16.5. The summed E-state index contributed by atoms with van der Waals surface area (Å²) in [5, 5.41) is 13.3. The van der Waals surface area contributed by atoms with Crippen LogP contribution < -0.4 is 0 Å². The number of pyridine rings is 1. The van der Waals surface area contributed by atoms with E-state index in [0.717, 1.165) is 61.4 Å². The van der Waals surface area contributed by atoms with Gasteiger partial charge in [0.1, 0.15) is 11.1 Å². The SMILES string of the molecule is CSc1nc(CN2CCCN(Cc3csc(C)n3)CC2)ccc1C#N. The number of hydrogen-bond donors (Lipinski definition) is 0. The molecule has 0 bridgehead atoms. The Kier molecular flexibility index (Phi) is 6.43. The van der Waals surface area contributed by atoms with Crippen LogP contribution in [-0.4, -0.2) is 52.2 Å². The first-order valence-corrected chi connectivity index (χ1v) is 10.6. The zero-order valence-electron chi connectivity index (χ0n) is 14.7. The van der Waals surface area contributed by atoms with E-state index in [4.69, 9.17) is 5.26 Å². The van der Waals surface area contributed by atoms with E-state index in [1.54, 1.807) is 11.3 Å². The fraction of sp³-hybridized carbons (Fsp3) is 0.500. The minimum atomic E-state index is 0.664. The van der Waals surface area contributed by atoms with Crippen molar-refractivity contribution >= 4 is 23.1 Å². The van der Waals surface area contributed by atoms with Gasteiger partial charge in [0.2, 0.25) is 0 Å². The molecule has 1 aliphatic rings. The number of hydrogen-bond acceptors (Lipinski definition) is 7. The largest absolute Gasteiger partial charge is 0.296 e. The molecule has 5 nitrogen and oxygen atoms in total. The van der Waals surface area contributed by atoms with Gasteiger partial charge < -0.3 is 0 Å². The van der Waals surface area contributed by atoms with Crippen molar-refractivity contribution in [3.8, 4) is 6.07 Å². The van der Waals surface area contributed by atoms with Crippen LogP contribution >= 0.6 is 23.1 Å². The number of thioether (sulfide) groups is 1. The van der Waals surface area contributed by atoms with Crippen molar-refractivity contribution in [3.63, 3.8) is 0 Å². The van der Waals surface area contributed by atoms with Gasteiger partial charge in [-0.1, -0.05) is 0 Å². The van der Waals surface area contributed by atoms with Crippen molar-refractivity contribution in [1.29, 1.82) is 5.26 Å².